The van der Waals surface area contributed by atoms with Crippen LogP contribution in [0.5, 0.6) is 0 Å². The van der Waals surface area contributed by atoms with Gasteiger partial charge < -0.3 is 4.57 Å². The van der Waals surface area contributed by atoms with Crippen LogP contribution in [0.3, 0.4) is 0 Å². The van der Waals surface area contributed by atoms with Crippen molar-refractivity contribution in [3.63, 3.8) is 0 Å². The van der Waals surface area contributed by atoms with Crippen LogP contribution >= 0.6 is 11.3 Å². The highest BCUT2D eigenvalue weighted by Gasteiger charge is 2.19. The third-order valence-electron chi connectivity index (χ3n) is 12.9. The van der Waals surface area contributed by atoms with Gasteiger partial charge in [0.15, 0.2) is 17.5 Å². The van der Waals surface area contributed by atoms with Gasteiger partial charge in [-0.1, -0.05) is 188 Å². The number of hydrogen-bond acceptors (Lipinski definition) is 4. The zero-order valence-corrected chi connectivity index (χ0v) is 36.5. The molecule has 0 N–H and O–H groups in total. The molecule has 0 aliphatic rings. The molecule has 0 atom stereocenters. The van der Waals surface area contributed by atoms with E-state index in [-0.39, 0.29) is 0 Å². The molecule has 0 bridgehead atoms. The van der Waals surface area contributed by atoms with Crippen LogP contribution in [-0.2, 0) is 0 Å². The van der Waals surface area contributed by atoms with E-state index in [0.717, 1.165) is 61.2 Å². The molecule has 3 heterocycles. The van der Waals surface area contributed by atoms with Gasteiger partial charge >= 0.3 is 0 Å². The van der Waals surface area contributed by atoms with Gasteiger partial charge in [-0.2, -0.15) is 0 Å². The number of nitrogens with zero attached hydrogens (tertiary/aromatic N) is 4. The first-order valence-corrected chi connectivity index (χ1v) is 23.1. The van der Waals surface area contributed by atoms with Crippen molar-refractivity contribution in [1.82, 2.24) is 19.5 Å². The van der Waals surface area contributed by atoms with Gasteiger partial charge in [0.2, 0.25) is 0 Å². The number of fused-ring (bicyclic) bond motifs is 7. The molecule has 0 fully saturated rings. The summed E-state index contributed by atoms with van der Waals surface area (Å²) in [6.07, 6.45) is 0. The molecule has 13 rings (SSSR count). The first-order valence-electron chi connectivity index (χ1n) is 22.2. The second kappa shape index (κ2) is 15.6. The molecule has 5 heteroatoms. The van der Waals surface area contributed by atoms with Crippen LogP contribution in [0.25, 0.3) is 126 Å². The van der Waals surface area contributed by atoms with Gasteiger partial charge in [0, 0.05) is 53.2 Å². The first kappa shape index (κ1) is 38.0. The normalized spacial score (nSPS) is 11.6. The molecule has 10 aromatic carbocycles. The van der Waals surface area contributed by atoms with Gasteiger partial charge in [-0.25, -0.2) is 15.0 Å². The number of hydrogen-bond donors (Lipinski definition) is 0. The summed E-state index contributed by atoms with van der Waals surface area (Å²) in [6, 6.07) is 82.3. The maximum absolute atomic E-state index is 5.32. The SMILES string of the molecule is c1ccc(-c2ccc(-c3nc(-c4ccc(-c5ccc6c(c5)sc5ccccc56)cc4)nc(-c4cccc(-c5ccc6ccccc6c5)c4)n3)cc2-n2c3ccccc3c3ccccc32)cc1. The first-order chi connectivity index (χ1) is 32.7. The smallest absolute Gasteiger partial charge is 0.164 e. The summed E-state index contributed by atoms with van der Waals surface area (Å²) in [7, 11) is 0. The Morgan fingerprint density at radius 2 is 0.803 bits per heavy atom. The van der Waals surface area contributed by atoms with Crippen LogP contribution < -0.4 is 0 Å². The molecule has 0 aliphatic heterocycles. The molecule has 0 aliphatic carbocycles. The molecule has 0 radical (unpaired) electrons. The molecule has 66 heavy (non-hydrogen) atoms. The van der Waals surface area contributed by atoms with Crippen LogP contribution in [0.15, 0.2) is 231 Å². The fourth-order valence-corrected chi connectivity index (χ4v) is 10.7. The highest BCUT2D eigenvalue weighted by molar-refractivity contribution is 7.25. The Bertz CT molecular complexity index is 3940. The van der Waals surface area contributed by atoms with E-state index in [1.165, 1.54) is 47.3 Å². The fraction of sp³-hybridized carbons (Fsp3) is 0. The average Bonchev–Trinajstić information content (AvgIpc) is 3.94. The molecule has 0 saturated carbocycles. The monoisotopic (exact) mass is 858 g/mol. The van der Waals surface area contributed by atoms with E-state index < -0.39 is 0 Å². The van der Waals surface area contributed by atoms with Crippen molar-refractivity contribution in [2.24, 2.45) is 0 Å². The molecule has 3 aromatic heterocycles. The summed E-state index contributed by atoms with van der Waals surface area (Å²) in [5.74, 6) is 1.83. The Hall–Kier alpha value is -8.51. The van der Waals surface area contributed by atoms with Crippen LogP contribution in [0.1, 0.15) is 0 Å². The standard InChI is InChI=1S/C61H38N4S/c1-2-14-41(15-3-1)49-33-32-48(37-56(49)65-54-22-9-6-19-50(54)51-20-7-10-23-55(51)65)61-63-59(42-28-25-40(26-29-42)46-31-34-53-52-21-8-11-24-57(52)66-58(53)38-46)62-60(64-61)47-18-12-17-44(36-47)45-30-27-39-13-4-5-16-43(39)35-45/h1-38H. The maximum atomic E-state index is 5.32. The molecule has 308 valence electrons. The van der Waals surface area contributed by atoms with Crippen LogP contribution in [0.4, 0.5) is 0 Å². The van der Waals surface area contributed by atoms with E-state index in [2.05, 4.69) is 235 Å². The predicted octanol–water partition coefficient (Wildman–Crippen LogP) is 16.5. The Morgan fingerprint density at radius 3 is 1.58 bits per heavy atom. The van der Waals surface area contributed by atoms with Crippen molar-refractivity contribution >= 4 is 64.1 Å². The highest BCUT2D eigenvalue weighted by atomic mass is 32.1. The Morgan fingerprint density at radius 1 is 0.288 bits per heavy atom. The summed E-state index contributed by atoms with van der Waals surface area (Å²) in [5, 5.41) is 7.44. The third-order valence-corrected chi connectivity index (χ3v) is 14.0. The lowest BCUT2D eigenvalue weighted by Gasteiger charge is -2.16. The summed E-state index contributed by atoms with van der Waals surface area (Å²) >= 11 is 1.84. The molecule has 0 amide bonds. The summed E-state index contributed by atoms with van der Waals surface area (Å²) in [4.78, 5) is 15.9. The van der Waals surface area contributed by atoms with E-state index in [4.69, 9.17) is 15.0 Å². The van der Waals surface area contributed by atoms with Gasteiger partial charge in [0.25, 0.3) is 0 Å². The van der Waals surface area contributed by atoms with E-state index in [9.17, 15) is 0 Å². The number of rotatable bonds is 7. The van der Waals surface area contributed by atoms with Gasteiger partial charge in [-0.05, 0) is 81.1 Å². The van der Waals surface area contributed by atoms with Crippen molar-refractivity contribution < 1.29 is 0 Å². The molecular formula is C61H38N4S. The second-order valence-corrected chi connectivity index (χ2v) is 17.9. The number of thiophene rings is 1. The largest absolute Gasteiger partial charge is 0.309 e. The number of benzene rings is 10. The average molecular weight is 859 g/mol. The van der Waals surface area contributed by atoms with Crippen molar-refractivity contribution in [3.05, 3.63) is 231 Å². The van der Waals surface area contributed by atoms with Gasteiger partial charge in [-0.3, -0.25) is 0 Å². The summed E-state index contributed by atoms with van der Waals surface area (Å²) < 4.78 is 4.98. The predicted molar refractivity (Wildman–Crippen MR) is 277 cm³/mol. The second-order valence-electron chi connectivity index (χ2n) is 16.8. The quantitative estimate of drug-likeness (QED) is 0.160. The van der Waals surface area contributed by atoms with Gasteiger partial charge in [-0.15, -0.1) is 11.3 Å². The minimum atomic E-state index is 0.604. The zero-order chi connectivity index (χ0) is 43.6. The van der Waals surface area contributed by atoms with Crippen molar-refractivity contribution in [3.8, 4) is 73.2 Å². The van der Waals surface area contributed by atoms with Crippen LogP contribution in [0, 0.1) is 0 Å². The lowest BCUT2D eigenvalue weighted by molar-refractivity contribution is 1.07. The highest BCUT2D eigenvalue weighted by Crippen LogP contribution is 2.40. The zero-order valence-electron chi connectivity index (χ0n) is 35.6. The lowest BCUT2D eigenvalue weighted by Crippen LogP contribution is -2.02. The molecular weight excluding hydrogens is 821 g/mol. The molecule has 4 nitrogen and oxygen atoms in total. The summed E-state index contributed by atoms with van der Waals surface area (Å²) in [5.41, 5.74) is 12.9. The van der Waals surface area contributed by atoms with Gasteiger partial charge in [0.1, 0.15) is 0 Å². The van der Waals surface area contributed by atoms with E-state index in [1.807, 2.05) is 11.3 Å². The minimum absolute atomic E-state index is 0.604. The number of para-hydroxylation sites is 2. The Labute approximate surface area is 385 Å². The molecule has 0 spiro atoms. The third kappa shape index (κ3) is 6.56. The minimum Gasteiger partial charge on any atom is -0.309 e. The van der Waals surface area contributed by atoms with E-state index in [1.54, 1.807) is 0 Å². The number of aromatic nitrogens is 4. The molecule has 13 aromatic rings. The Kier molecular flexibility index (Phi) is 9.00. The van der Waals surface area contributed by atoms with Crippen molar-refractivity contribution in [1.29, 1.82) is 0 Å². The summed E-state index contributed by atoms with van der Waals surface area (Å²) in [6.45, 7) is 0. The van der Waals surface area contributed by atoms with Crippen LogP contribution in [-0.4, -0.2) is 19.5 Å². The fourth-order valence-electron chi connectivity index (χ4n) is 9.59. The lowest BCUT2D eigenvalue weighted by atomic mass is 9.99. The van der Waals surface area contributed by atoms with Gasteiger partial charge in [0.05, 0.1) is 16.7 Å². The maximum Gasteiger partial charge on any atom is 0.164 e. The topological polar surface area (TPSA) is 43.6 Å². The van der Waals surface area contributed by atoms with Crippen LogP contribution in [0.2, 0.25) is 0 Å². The van der Waals surface area contributed by atoms with E-state index >= 15 is 0 Å². The van der Waals surface area contributed by atoms with Crippen molar-refractivity contribution in [2.45, 2.75) is 0 Å². The van der Waals surface area contributed by atoms with Crippen molar-refractivity contribution in [2.75, 3.05) is 0 Å². The molecule has 0 saturated heterocycles. The Balaban J connectivity index is 0.977. The molecule has 0 unspecified atom stereocenters. The van der Waals surface area contributed by atoms with E-state index in [0.29, 0.717) is 17.5 Å².